The predicted octanol–water partition coefficient (Wildman–Crippen LogP) is 3.38. The molecule has 2 N–H and O–H groups in total. The minimum Gasteiger partial charge on any atom is -0.410 e. The molecule has 1 aliphatic rings. The Labute approximate surface area is 162 Å². The van der Waals surface area contributed by atoms with E-state index in [2.05, 4.69) is 10.3 Å². The van der Waals surface area contributed by atoms with Gasteiger partial charge < -0.3 is 15.0 Å². The van der Waals surface area contributed by atoms with Crippen molar-refractivity contribution in [3.63, 3.8) is 0 Å². The Bertz CT molecular complexity index is 985. The van der Waals surface area contributed by atoms with Crippen LogP contribution in [-0.2, 0) is 16.2 Å². The monoisotopic (exact) mass is 379 g/mol. The van der Waals surface area contributed by atoms with Gasteiger partial charge >= 0.3 is 6.09 Å². The van der Waals surface area contributed by atoms with Crippen molar-refractivity contribution in [1.82, 2.24) is 15.4 Å². The third-order valence-corrected chi connectivity index (χ3v) is 4.73. The van der Waals surface area contributed by atoms with Crippen molar-refractivity contribution in [2.24, 2.45) is 0 Å². The van der Waals surface area contributed by atoms with Crippen LogP contribution >= 0.6 is 0 Å². The highest BCUT2D eigenvalue weighted by Crippen LogP contribution is 2.22. The Morgan fingerprint density at radius 3 is 2.86 bits per heavy atom. The van der Waals surface area contributed by atoms with Gasteiger partial charge in [-0.1, -0.05) is 30.3 Å². The lowest BCUT2D eigenvalue weighted by Crippen LogP contribution is -2.42. The molecule has 1 saturated heterocycles. The van der Waals surface area contributed by atoms with Crippen LogP contribution in [0.15, 0.2) is 60.8 Å². The van der Waals surface area contributed by atoms with Gasteiger partial charge in [0.2, 0.25) is 0 Å². The number of hydroxylamine groups is 2. The first-order chi connectivity index (χ1) is 13.6. The second kappa shape index (κ2) is 7.74. The van der Waals surface area contributed by atoms with Gasteiger partial charge in [-0.2, -0.15) is 0 Å². The highest BCUT2D eigenvalue weighted by molar-refractivity contribution is 5.88. The van der Waals surface area contributed by atoms with Crippen molar-refractivity contribution in [2.75, 3.05) is 0 Å². The van der Waals surface area contributed by atoms with Crippen molar-refractivity contribution < 1.29 is 19.2 Å². The number of fused-ring (bicyclic) bond motifs is 1. The van der Waals surface area contributed by atoms with Crippen LogP contribution in [0.4, 0.5) is 4.79 Å². The molecule has 2 aromatic carbocycles. The number of carbonyl (C=O) groups is 2. The van der Waals surface area contributed by atoms with Crippen LogP contribution in [0.1, 0.15) is 18.9 Å². The number of hydrogen-bond donors (Lipinski definition) is 2. The fraction of sp³-hybridized carbons (Fsp3) is 0.238. The lowest BCUT2D eigenvalue weighted by atomic mass is 10.2. The molecule has 1 aliphatic heterocycles. The first-order valence-corrected chi connectivity index (χ1v) is 9.15. The molecule has 0 saturated carbocycles. The molecular weight excluding hydrogens is 358 g/mol. The summed E-state index contributed by atoms with van der Waals surface area (Å²) in [6, 6.07) is 16.0. The fourth-order valence-electron chi connectivity index (χ4n) is 3.31. The summed E-state index contributed by atoms with van der Waals surface area (Å²) in [7, 11) is 0. The van der Waals surface area contributed by atoms with E-state index in [9.17, 15) is 9.59 Å². The third kappa shape index (κ3) is 3.84. The van der Waals surface area contributed by atoms with Crippen LogP contribution in [0.5, 0.6) is 5.75 Å². The number of rotatable bonds is 5. The number of ether oxygens (including phenoxy) is 1. The van der Waals surface area contributed by atoms with Crippen LogP contribution < -0.4 is 10.1 Å². The largest absolute Gasteiger partial charge is 0.413 e. The van der Waals surface area contributed by atoms with E-state index < -0.39 is 12.1 Å². The molecule has 1 aromatic heterocycles. The third-order valence-electron chi connectivity index (χ3n) is 4.73. The van der Waals surface area contributed by atoms with E-state index in [4.69, 9.17) is 9.57 Å². The highest BCUT2D eigenvalue weighted by Gasteiger charge is 2.39. The van der Waals surface area contributed by atoms with Gasteiger partial charge in [0, 0.05) is 17.1 Å². The zero-order valence-corrected chi connectivity index (χ0v) is 15.4. The zero-order chi connectivity index (χ0) is 19.5. The van der Waals surface area contributed by atoms with E-state index >= 15 is 0 Å². The molecule has 4 rings (SSSR count). The summed E-state index contributed by atoms with van der Waals surface area (Å²) in [4.78, 5) is 33.6. The number of carbonyl (C=O) groups excluding carboxylic acids is 2. The Balaban J connectivity index is 1.33. The average molecular weight is 379 g/mol. The first kappa shape index (κ1) is 18.1. The lowest BCUT2D eigenvalue weighted by molar-refractivity contribution is -0.193. The number of aromatic nitrogens is 1. The zero-order valence-electron chi connectivity index (χ0n) is 15.4. The molecule has 28 heavy (non-hydrogen) atoms. The van der Waals surface area contributed by atoms with Crippen molar-refractivity contribution >= 4 is 22.9 Å². The standard InChI is InChI=1S/C21H21N3O4/c1-14-11-19(20(25)24(14)27-13-15-5-3-2-4-6-15)23-21(26)28-17-7-8-18-16(12-17)9-10-22-18/h2-10,12,14,19,22H,11,13H2,1H3,(H,23,26). The summed E-state index contributed by atoms with van der Waals surface area (Å²) in [6.07, 6.45) is 1.61. The Morgan fingerprint density at radius 1 is 1.21 bits per heavy atom. The van der Waals surface area contributed by atoms with Gasteiger partial charge in [0.1, 0.15) is 18.4 Å². The number of amides is 2. The quantitative estimate of drug-likeness (QED) is 0.712. The molecule has 1 fully saturated rings. The summed E-state index contributed by atoms with van der Waals surface area (Å²) in [5.41, 5.74) is 1.93. The summed E-state index contributed by atoms with van der Waals surface area (Å²) in [6.45, 7) is 2.18. The van der Waals surface area contributed by atoms with Gasteiger partial charge in [-0.3, -0.25) is 9.63 Å². The van der Waals surface area contributed by atoms with Crippen molar-refractivity contribution in [3.8, 4) is 5.75 Å². The van der Waals surface area contributed by atoms with Crippen molar-refractivity contribution in [2.45, 2.75) is 32.0 Å². The molecule has 2 unspecified atom stereocenters. The smallest absolute Gasteiger partial charge is 0.410 e. The molecule has 7 nitrogen and oxygen atoms in total. The number of H-pyrrole nitrogens is 1. The van der Waals surface area contributed by atoms with Gasteiger partial charge in [0.05, 0.1) is 6.04 Å². The van der Waals surface area contributed by atoms with Gasteiger partial charge in [-0.05, 0) is 43.2 Å². The number of benzene rings is 2. The number of hydrogen-bond acceptors (Lipinski definition) is 4. The van der Waals surface area contributed by atoms with E-state index in [0.29, 0.717) is 18.8 Å². The lowest BCUT2D eigenvalue weighted by Gasteiger charge is -2.20. The van der Waals surface area contributed by atoms with E-state index in [0.717, 1.165) is 16.5 Å². The van der Waals surface area contributed by atoms with Gasteiger partial charge in [0.25, 0.3) is 5.91 Å². The Morgan fingerprint density at radius 2 is 2.04 bits per heavy atom. The maximum absolute atomic E-state index is 12.6. The van der Waals surface area contributed by atoms with E-state index in [1.165, 1.54) is 5.06 Å². The van der Waals surface area contributed by atoms with Gasteiger partial charge in [0.15, 0.2) is 0 Å². The minimum atomic E-state index is -0.672. The highest BCUT2D eigenvalue weighted by atomic mass is 16.7. The molecular formula is C21H21N3O4. The van der Waals surface area contributed by atoms with Crippen LogP contribution in [0, 0.1) is 0 Å². The topological polar surface area (TPSA) is 83.7 Å². The molecule has 7 heteroatoms. The molecule has 0 bridgehead atoms. The van der Waals surface area contributed by atoms with Gasteiger partial charge in [-0.25, -0.2) is 9.86 Å². The normalized spacial score (nSPS) is 19.2. The SMILES string of the molecule is CC1CC(NC(=O)Oc2ccc3[nH]ccc3c2)C(=O)N1OCc1ccccc1. The minimum absolute atomic E-state index is 0.141. The fourth-order valence-corrected chi connectivity index (χ4v) is 3.31. The molecule has 0 aliphatic carbocycles. The predicted molar refractivity (Wildman–Crippen MR) is 103 cm³/mol. The maximum Gasteiger partial charge on any atom is 0.413 e. The number of nitrogens with zero attached hydrogens (tertiary/aromatic N) is 1. The van der Waals surface area contributed by atoms with Gasteiger partial charge in [-0.15, -0.1) is 0 Å². The van der Waals surface area contributed by atoms with Crippen molar-refractivity contribution in [3.05, 3.63) is 66.4 Å². The molecule has 3 aromatic rings. The average Bonchev–Trinajstić information content (AvgIpc) is 3.25. The molecule has 2 amide bonds. The van der Waals surface area contributed by atoms with E-state index in [-0.39, 0.29) is 11.9 Å². The second-order valence-electron chi connectivity index (χ2n) is 6.82. The maximum atomic E-state index is 12.6. The van der Waals surface area contributed by atoms with Crippen LogP contribution in [0.3, 0.4) is 0 Å². The number of nitrogens with one attached hydrogen (secondary N) is 2. The molecule has 0 spiro atoms. The Hall–Kier alpha value is -3.32. The van der Waals surface area contributed by atoms with E-state index in [1.807, 2.05) is 55.6 Å². The summed E-state index contributed by atoms with van der Waals surface area (Å²) >= 11 is 0. The molecule has 2 atom stereocenters. The van der Waals surface area contributed by atoms with Crippen LogP contribution in [0.25, 0.3) is 10.9 Å². The summed E-state index contributed by atoms with van der Waals surface area (Å²) in [5, 5.41) is 4.92. The number of aromatic amines is 1. The van der Waals surface area contributed by atoms with E-state index in [1.54, 1.807) is 12.1 Å². The first-order valence-electron chi connectivity index (χ1n) is 9.15. The summed E-state index contributed by atoms with van der Waals surface area (Å²) in [5.74, 6) is 0.141. The molecule has 144 valence electrons. The van der Waals surface area contributed by atoms with Crippen LogP contribution in [-0.4, -0.2) is 34.1 Å². The second-order valence-corrected chi connectivity index (χ2v) is 6.82. The molecule has 0 radical (unpaired) electrons. The van der Waals surface area contributed by atoms with Crippen LogP contribution in [0.2, 0.25) is 0 Å². The van der Waals surface area contributed by atoms with Crippen molar-refractivity contribution in [1.29, 1.82) is 0 Å². The Kier molecular flexibility index (Phi) is 4.99. The summed E-state index contributed by atoms with van der Waals surface area (Å²) < 4.78 is 5.33. The molecule has 2 heterocycles.